The average molecular weight is 404 g/mol. The van der Waals surface area contributed by atoms with Gasteiger partial charge >= 0.3 is 6.03 Å². The molecule has 0 aromatic heterocycles. The van der Waals surface area contributed by atoms with Crippen molar-refractivity contribution in [3.8, 4) is 0 Å². The van der Waals surface area contributed by atoms with Crippen LogP contribution in [0, 0.1) is 11.2 Å². The van der Waals surface area contributed by atoms with Crippen LogP contribution in [0.3, 0.4) is 0 Å². The number of carbonyl (C=O) groups excluding carboxylic acids is 2. The van der Waals surface area contributed by atoms with Crippen LogP contribution >= 0.6 is 11.6 Å². The summed E-state index contributed by atoms with van der Waals surface area (Å²) in [6.45, 7) is 3.11. The predicted molar refractivity (Wildman–Crippen MR) is 108 cm³/mol. The highest BCUT2D eigenvalue weighted by molar-refractivity contribution is 6.30. The predicted octanol–water partition coefficient (Wildman–Crippen LogP) is 4.43. The van der Waals surface area contributed by atoms with Gasteiger partial charge in [0.15, 0.2) is 0 Å². The molecule has 0 bridgehead atoms. The molecular weight excluding hydrogens is 381 g/mol. The van der Waals surface area contributed by atoms with Crippen LogP contribution in [0.5, 0.6) is 0 Å². The zero-order chi connectivity index (χ0) is 20.1. The number of carbonyl (C=O) groups is 2. The maximum absolute atomic E-state index is 13.0. The number of halogens is 2. The minimum absolute atomic E-state index is 0.114. The van der Waals surface area contributed by atoms with Crippen molar-refractivity contribution in [1.29, 1.82) is 0 Å². The summed E-state index contributed by atoms with van der Waals surface area (Å²) in [5.41, 5.74) is 0.763. The number of hydrogen-bond acceptors (Lipinski definition) is 2. The number of likely N-dealkylation sites (tertiary alicyclic amines) is 1. The molecule has 3 rings (SSSR count). The second-order valence-electron chi connectivity index (χ2n) is 7.34. The van der Waals surface area contributed by atoms with Gasteiger partial charge in [0.25, 0.3) is 0 Å². The Morgan fingerprint density at radius 3 is 2.68 bits per heavy atom. The lowest BCUT2D eigenvalue weighted by Gasteiger charge is -2.39. The smallest absolute Gasteiger partial charge is 0.321 e. The molecule has 1 fully saturated rings. The van der Waals surface area contributed by atoms with Gasteiger partial charge in [0.05, 0.1) is 5.41 Å². The maximum atomic E-state index is 13.0. The van der Waals surface area contributed by atoms with E-state index in [2.05, 4.69) is 10.6 Å². The van der Waals surface area contributed by atoms with Crippen molar-refractivity contribution in [3.63, 3.8) is 0 Å². The number of urea groups is 1. The number of nitrogens with one attached hydrogen (secondary N) is 2. The van der Waals surface area contributed by atoms with Crippen molar-refractivity contribution in [3.05, 3.63) is 64.9 Å². The lowest BCUT2D eigenvalue weighted by molar-refractivity contribution is -0.132. The summed E-state index contributed by atoms with van der Waals surface area (Å²) in [6.07, 6.45) is 1.44. The average Bonchev–Trinajstić information content (AvgIpc) is 2.67. The van der Waals surface area contributed by atoms with Crippen LogP contribution in [0.15, 0.2) is 48.5 Å². The third-order valence-electron chi connectivity index (χ3n) is 4.97. The summed E-state index contributed by atoms with van der Waals surface area (Å²) in [5.74, 6) is -0.423. The molecule has 2 aromatic rings. The Balaban J connectivity index is 1.59. The van der Waals surface area contributed by atoms with Crippen LogP contribution in [-0.2, 0) is 11.3 Å². The highest BCUT2D eigenvalue weighted by atomic mass is 35.5. The number of piperidine rings is 1. The molecule has 0 radical (unpaired) electrons. The standard InChI is InChI=1S/C21H23ClFN3O2/c1-21(19(27)24-13-15-6-8-17(23)9-7-15)10-3-11-26(14-21)20(28)25-18-5-2-4-16(22)12-18/h2,4-9,12H,3,10-11,13-14H2,1H3,(H,24,27)(H,25,28). The second kappa shape index (κ2) is 8.61. The zero-order valence-corrected chi connectivity index (χ0v) is 16.4. The van der Waals surface area contributed by atoms with Gasteiger partial charge in [-0.1, -0.05) is 29.8 Å². The molecule has 0 aliphatic carbocycles. The van der Waals surface area contributed by atoms with Gasteiger partial charge in [-0.15, -0.1) is 0 Å². The first-order valence-corrected chi connectivity index (χ1v) is 9.58. The molecule has 7 heteroatoms. The Kier molecular flexibility index (Phi) is 6.19. The van der Waals surface area contributed by atoms with Gasteiger partial charge in [0, 0.05) is 30.3 Å². The fraction of sp³-hybridized carbons (Fsp3) is 0.333. The van der Waals surface area contributed by atoms with E-state index in [1.54, 1.807) is 41.3 Å². The van der Waals surface area contributed by atoms with Gasteiger partial charge in [0.2, 0.25) is 5.91 Å². The van der Waals surface area contributed by atoms with Gasteiger partial charge < -0.3 is 15.5 Å². The van der Waals surface area contributed by atoms with E-state index in [4.69, 9.17) is 11.6 Å². The van der Waals surface area contributed by atoms with Gasteiger partial charge in [-0.3, -0.25) is 4.79 Å². The largest absolute Gasteiger partial charge is 0.351 e. The molecule has 1 unspecified atom stereocenters. The zero-order valence-electron chi connectivity index (χ0n) is 15.7. The minimum Gasteiger partial charge on any atom is -0.351 e. The van der Waals surface area contributed by atoms with Crippen LogP contribution in [0.25, 0.3) is 0 Å². The van der Waals surface area contributed by atoms with Crippen LogP contribution in [-0.4, -0.2) is 29.9 Å². The first-order valence-electron chi connectivity index (χ1n) is 9.20. The lowest BCUT2D eigenvalue weighted by atomic mass is 9.81. The summed E-state index contributed by atoms with van der Waals surface area (Å²) in [6, 6.07) is 12.7. The highest BCUT2D eigenvalue weighted by Gasteiger charge is 2.39. The minimum atomic E-state index is -0.677. The lowest BCUT2D eigenvalue weighted by Crippen LogP contribution is -2.52. The fourth-order valence-electron chi connectivity index (χ4n) is 3.36. The highest BCUT2D eigenvalue weighted by Crippen LogP contribution is 2.30. The van der Waals surface area contributed by atoms with Crippen LogP contribution in [0.4, 0.5) is 14.9 Å². The molecular formula is C21H23ClFN3O2. The summed E-state index contributed by atoms with van der Waals surface area (Å²) in [5, 5.41) is 6.28. The Morgan fingerprint density at radius 1 is 1.21 bits per heavy atom. The summed E-state index contributed by atoms with van der Waals surface area (Å²) < 4.78 is 13.0. The first-order chi connectivity index (χ1) is 13.4. The molecule has 0 saturated carbocycles. The van der Waals surface area contributed by atoms with Crippen molar-refractivity contribution >= 4 is 29.2 Å². The van der Waals surface area contributed by atoms with Crippen LogP contribution in [0.2, 0.25) is 5.02 Å². The van der Waals surface area contributed by atoms with E-state index in [1.807, 2.05) is 6.92 Å². The number of hydrogen-bond donors (Lipinski definition) is 2. The number of nitrogens with zero attached hydrogens (tertiary/aromatic N) is 1. The Morgan fingerprint density at radius 2 is 1.96 bits per heavy atom. The molecule has 148 valence electrons. The Bertz CT molecular complexity index is 859. The Labute approximate surface area is 168 Å². The van der Waals surface area contributed by atoms with Gasteiger partial charge in [-0.25, -0.2) is 9.18 Å². The van der Waals surface area contributed by atoms with Gasteiger partial charge in [-0.2, -0.15) is 0 Å². The van der Waals surface area contributed by atoms with Gasteiger partial charge in [0.1, 0.15) is 5.82 Å². The third-order valence-corrected chi connectivity index (χ3v) is 5.21. The molecule has 28 heavy (non-hydrogen) atoms. The van der Waals surface area contributed by atoms with Gasteiger partial charge in [-0.05, 0) is 55.7 Å². The molecule has 1 aliphatic heterocycles. The molecule has 2 N–H and O–H groups in total. The van der Waals surface area contributed by atoms with Crippen molar-refractivity contribution in [2.24, 2.45) is 5.41 Å². The third kappa shape index (κ3) is 5.01. The van der Waals surface area contributed by atoms with Crippen molar-refractivity contribution in [2.75, 3.05) is 18.4 Å². The first kappa shape index (κ1) is 20.1. The van der Waals surface area contributed by atoms with E-state index < -0.39 is 5.41 Å². The molecule has 1 aliphatic rings. The van der Waals surface area contributed by atoms with E-state index in [1.165, 1.54) is 12.1 Å². The molecule has 1 saturated heterocycles. The Hall–Kier alpha value is -2.60. The maximum Gasteiger partial charge on any atom is 0.321 e. The van der Waals surface area contributed by atoms with Crippen LogP contribution < -0.4 is 10.6 Å². The van der Waals surface area contributed by atoms with E-state index >= 15 is 0 Å². The molecule has 3 amide bonds. The van der Waals surface area contributed by atoms with E-state index in [-0.39, 0.29) is 17.8 Å². The molecule has 1 atom stereocenters. The van der Waals surface area contributed by atoms with Crippen molar-refractivity contribution in [1.82, 2.24) is 10.2 Å². The normalized spacial score (nSPS) is 19.2. The van der Waals surface area contributed by atoms with E-state index in [0.29, 0.717) is 36.8 Å². The SMILES string of the molecule is CC1(C(=O)NCc2ccc(F)cc2)CCCN(C(=O)Nc2cccc(Cl)c2)C1. The quantitative estimate of drug-likeness (QED) is 0.793. The van der Waals surface area contributed by atoms with E-state index in [9.17, 15) is 14.0 Å². The molecule has 5 nitrogen and oxygen atoms in total. The van der Waals surface area contributed by atoms with E-state index in [0.717, 1.165) is 12.0 Å². The number of benzene rings is 2. The summed E-state index contributed by atoms with van der Waals surface area (Å²) in [4.78, 5) is 27.0. The number of amides is 3. The fourth-order valence-corrected chi connectivity index (χ4v) is 3.56. The molecule has 1 heterocycles. The van der Waals surface area contributed by atoms with Crippen molar-refractivity contribution in [2.45, 2.75) is 26.3 Å². The van der Waals surface area contributed by atoms with Crippen molar-refractivity contribution < 1.29 is 14.0 Å². The monoisotopic (exact) mass is 403 g/mol. The number of anilines is 1. The van der Waals surface area contributed by atoms with Crippen LogP contribution in [0.1, 0.15) is 25.3 Å². The second-order valence-corrected chi connectivity index (χ2v) is 7.77. The summed E-state index contributed by atoms with van der Waals surface area (Å²) >= 11 is 5.96. The molecule has 0 spiro atoms. The topological polar surface area (TPSA) is 61.4 Å². The number of rotatable bonds is 4. The summed E-state index contributed by atoms with van der Waals surface area (Å²) in [7, 11) is 0. The molecule has 2 aromatic carbocycles.